The Morgan fingerprint density at radius 2 is 1.67 bits per heavy atom. The number of benzene rings is 1. The Balaban J connectivity index is 1.64. The van der Waals surface area contributed by atoms with Crippen LogP contribution < -0.4 is 0 Å². The lowest BCUT2D eigenvalue weighted by molar-refractivity contribution is -0.0326. The van der Waals surface area contributed by atoms with Gasteiger partial charge in [0.25, 0.3) is 0 Å². The van der Waals surface area contributed by atoms with Gasteiger partial charge in [0.15, 0.2) is 11.6 Å². The van der Waals surface area contributed by atoms with Crippen LogP contribution in [0.15, 0.2) is 18.2 Å². The molecule has 0 N–H and O–H groups in total. The average molecular weight is 383 g/mol. The first kappa shape index (κ1) is 22.3. The number of hydrogen-bond donors (Lipinski definition) is 0. The van der Waals surface area contributed by atoms with Crippen LogP contribution in [0.2, 0.25) is 0 Å². The Bertz CT molecular complexity index is 557. The van der Waals surface area contributed by atoms with Crippen molar-refractivity contribution in [1.29, 1.82) is 0 Å². The Labute approximate surface area is 163 Å². The molecule has 27 heavy (non-hydrogen) atoms. The minimum Gasteiger partial charge on any atom is -0.376 e. The first-order valence-electron chi connectivity index (χ1n) is 10.4. The van der Waals surface area contributed by atoms with Crippen LogP contribution in [0.5, 0.6) is 0 Å². The fraction of sp³-hybridized carbons (Fsp3) is 0.727. The van der Waals surface area contributed by atoms with Crippen molar-refractivity contribution >= 4 is 0 Å². The fourth-order valence-corrected chi connectivity index (χ4v) is 3.46. The Morgan fingerprint density at radius 1 is 1.00 bits per heavy atom. The summed E-state index contributed by atoms with van der Waals surface area (Å²) in [5.74, 6) is -1.45. The average Bonchev–Trinajstić information content (AvgIpc) is 2.66. The molecule has 5 heteroatoms. The van der Waals surface area contributed by atoms with Crippen molar-refractivity contribution in [3.05, 3.63) is 35.4 Å². The molecule has 0 amide bonds. The van der Waals surface area contributed by atoms with E-state index < -0.39 is 11.6 Å². The van der Waals surface area contributed by atoms with Crippen LogP contribution in [0, 0.1) is 11.6 Å². The van der Waals surface area contributed by atoms with Gasteiger partial charge in [0.2, 0.25) is 0 Å². The minimum atomic E-state index is -0.753. The van der Waals surface area contributed by atoms with Gasteiger partial charge in [-0.1, -0.05) is 31.9 Å². The molecule has 154 valence electrons. The van der Waals surface area contributed by atoms with Crippen molar-refractivity contribution in [2.75, 3.05) is 45.9 Å². The summed E-state index contributed by atoms with van der Waals surface area (Å²) in [4.78, 5) is 4.82. The minimum absolute atomic E-state index is 0.0697. The van der Waals surface area contributed by atoms with Crippen molar-refractivity contribution in [3.8, 4) is 0 Å². The summed E-state index contributed by atoms with van der Waals surface area (Å²) >= 11 is 0. The standard InChI is InChI=1S/C22H36F2N2O/c1-4-5-6-18-27-22(2,3)11-13-26-16-14-25(15-17-26)12-10-19-8-7-9-20(23)21(19)24/h7-9H,4-6,10-18H2,1-3H3. The van der Waals surface area contributed by atoms with Crippen LogP contribution in [-0.4, -0.2) is 61.3 Å². The highest BCUT2D eigenvalue weighted by atomic mass is 19.2. The van der Waals surface area contributed by atoms with Gasteiger partial charge in [-0.05, 0) is 44.7 Å². The molecule has 1 saturated heterocycles. The third-order valence-corrected chi connectivity index (χ3v) is 5.46. The Morgan fingerprint density at radius 3 is 2.33 bits per heavy atom. The maximum Gasteiger partial charge on any atom is 0.162 e. The van der Waals surface area contributed by atoms with Crippen molar-refractivity contribution in [2.24, 2.45) is 0 Å². The summed E-state index contributed by atoms with van der Waals surface area (Å²) < 4.78 is 33.1. The summed E-state index contributed by atoms with van der Waals surface area (Å²) in [6.07, 6.45) is 5.19. The zero-order valence-electron chi connectivity index (χ0n) is 17.3. The third kappa shape index (κ3) is 7.84. The molecule has 1 aromatic carbocycles. The molecule has 0 aliphatic carbocycles. The molecule has 0 bridgehead atoms. The van der Waals surface area contributed by atoms with Gasteiger partial charge in [-0.15, -0.1) is 0 Å². The maximum absolute atomic E-state index is 13.7. The highest BCUT2D eigenvalue weighted by molar-refractivity contribution is 5.19. The predicted molar refractivity (Wildman–Crippen MR) is 107 cm³/mol. The van der Waals surface area contributed by atoms with Crippen LogP contribution in [0.3, 0.4) is 0 Å². The molecule has 1 aliphatic heterocycles. The molecular weight excluding hydrogens is 346 g/mol. The lowest BCUT2D eigenvalue weighted by Gasteiger charge is -2.36. The van der Waals surface area contributed by atoms with Crippen molar-refractivity contribution in [2.45, 2.75) is 58.5 Å². The largest absolute Gasteiger partial charge is 0.376 e. The molecule has 2 rings (SSSR count). The second-order valence-corrected chi connectivity index (χ2v) is 8.21. The van der Waals surface area contributed by atoms with Gasteiger partial charge in [0.05, 0.1) is 5.60 Å². The summed E-state index contributed by atoms with van der Waals surface area (Å²) in [6.45, 7) is 13.3. The van der Waals surface area contributed by atoms with Crippen LogP contribution in [0.1, 0.15) is 52.0 Å². The van der Waals surface area contributed by atoms with Gasteiger partial charge >= 0.3 is 0 Å². The molecule has 1 fully saturated rings. The number of ether oxygens (including phenoxy) is 1. The second-order valence-electron chi connectivity index (χ2n) is 8.21. The van der Waals surface area contributed by atoms with E-state index in [4.69, 9.17) is 4.74 Å². The van der Waals surface area contributed by atoms with Gasteiger partial charge in [-0.25, -0.2) is 8.78 Å². The number of halogens is 2. The van der Waals surface area contributed by atoms with Gasteiger partial charge in [-0.3, -0.25) is 0 Å². The highest BCUT2D eigenvalue weighted by Crippen LogP contribution is 2.17. The normalized spacial score (nSPS) is 16.8. The smallest absolute Gasteiger partial charge is 0.162 e. The molecule has 3 nitrogen and oxygen atoms in total. The van der Waals surface area contributed by atoms with Crippen LogP contribution in [0.4, 0.5) is 8.78 Å². The number of rotatable bonds is 11. The zero-order valence-corrected chi connectivity index (χ0v) is 17.3. The summed E-state index contributed by atoms with van der Waals surface area (Å²) in [5, 5.41) is 0. The molecule has 0 radical (unpaired) electrons. The van der Waals surface area contributed by atoms with Crippen molar-refractivity contribution in [1.82, 2.24) is 9.80 Å². The second kappa shape index (κ2) is 11.1. The first-order valence-corrected chi connectivity index (χ1v) is 10.4. The third-order valence-electron chi connectivity index (χ3n) is 5.46. The van der Waals surface area contributed by atoms with E-state index in [-0.39, 0.29) is 5.60 Å². The van der Waals surface area contributed by atoms with Crippen molar-refractivity contribution < 1.29 is 13.5 Å². The SMILES string of the molecule is CCCCCOC(C)(C)CCN1CCN(CCc2cccc(F)c2F)CC1. The van der Waals surface area contributed by atoms with Crippen LogP contribution in [-0.2, 0) is 11.2 Å². The number of hydrogen-bond acceptors (Lipinski definition) is 3. The lowest BCUT2D eigenvalue weighted by Crippen LogP contribution is -2.48. The number of unbranched alkanes of at least 4 members (excludes halogenated alkanes) is 2. The quantitative estimate of drug-likeness (QED) is 0.524. The molecule has 1 heterocycles. The van der Waals surface area contributed by atoms with E-state index in [0.717, 1.165) is 58.7 Å². The molecule has 0 saturated carbocycles. The summed E-state index contributed by atoms with van der Waals surface area (Å²) in [5.41, 5.74) is 0.402. The van der Waals surface area contributed by atoms with Gasteiger partial charge in [0, 0.05) is 45.9 Å². The molecule has 0 atom stereocenters. The van der Waals surface area contributed by atoms with Crippen LogP contribution in [0.25, 0.3) is 0 Å². The van der Waals surface area contributed by atoms with Crippen LogP contribution >= 0.6 is 0 Å². The first-order chi connectivity index (χ1) is 12.9. The van der Waals surface area contributed by atoms with Gasteiger partial charge in [-0.2, -0.15) is 0 Å². The van der Waals surface area contributed by atoms with E-state index in [0.29, 0.717) is 12.0 Å². The van der Waals surface area contributed by atoms with Crippen molar-refractivity contribution in [3.63, 3.8) is 0 Å². The monoisotopic (exact) mass is 382 g/mol. The number of piperazine rings is 1. The highest BCUT2D eigenvalue weighted by Gasteiger charge is 2.22. The van der Waals surface area contributed by atoms with Gasteiger partial charge < -0.3 is 14.5 Å². The summed E-state index contributed by atoms with van der Waals surface area (Å²) in [6, 6.07) is 4.43. The Hall–Kier alpha value is -1.04. The Kier molecular flexibility index (Phi) is 9.13. The van der Waals surface area contributed by atoms with E-state index in [1.54, 1.807) is 12.1 Å². The zero-order chi connectivity index (χ0) is 19.7. The molecule has 1 aromatic rings. The topological polar surface area (TPSA) is 15.7 Å². The molecule has 0 unspecified atom stereocenters. The van der Waals surface area contributed by atoms with E-state index in [9.17, 15) is 8.78 Å². The van der Waals surface area contributed by atoms with Gasteiger partial charge in [0.1, 0.15) is 0 Å². The lowest BCUT2D eigenvalue weighted by atomic mass is 10.0. The molecule has 1 aliphatic rings. The molecule has 0 spiro atoms. The van der Waals surface area contributed by atoms with E-state index in [1.807, 2.05) is 0 Å². The number of nitrogens with zero attached hydrogens (tertiary/aromatic N) is 2. The summed E-state index contributed by atoms with van der Waals surface area (Å²) in [7, 11) is 0. The predicted octanol–water partition coefficient (Wildman–Crippen LogP) is 4.50. The van der Waals surface area contributed by atoms with E-state index >= 15 is 0 Å². The maximum atomic E-state index is 13.7. The molecular formula is C22H36F2N2O. The van der Waals surface area contributed by atoms with E-state index in [2.05, 4.69) is 30.6 Å². The molecule has 0 aromatic heterocycles. The van der Waals surface area contributed by atoms with E-state index in [1.165, 1.54) is 18.9 Å². The fourth-order valence-electron chi connectivity index (χ4n) is 3.46.